The molecule has 0 radical (unpaired) electrons. The number of likely N-dealkylation sites (tertiary alicyclic amines) is 1. The van der Waals surface area contributed by atoms with E-state index >= 15 is 0 Å². The number of carboxylic acid groups (broad SMARTS) is 1. The lowest BCUT2D eigenvalue weighted by Gasteiger charge is -2.52. The number of carbonyl (C=O) groups is 1. The zero-order valence-electron chi connectivity index (χ0n) is 22.8. The highest BCUT2D eigenvalue weighted by atomic mass is 35.5. The standard InChI is InChI=1S/C31H40ClN3O3/c1-19-6-9-25(27(32)11-19)20(2)38-28-12-29(33-15-26(28)21-7-8-21)35-17-23(18-35)22-5-4-10-34(16-22)24-13-31(3,14-24)30(36)37/h6,9,11-12,15,20-24H,4-5,7-8,10,13-14,16-18H2,1-3H3,(H,36,37)/t20-,22+,24?,31?/m1/s1. The molecular formula is C31H40ClN3O3. The number of piperidine rings is 1. The number of aryl methyl sites for hydroxylation is 1. The number of ether oxygens (including phenoxy) is 1. The van der Waals surface area contributed by atoms with E-state index in [1.165, 1.54) is 31.2 Å². The van der Waals surface area contributed by atoms with Gasteiger partial charge >= 0.3 is 5.97 Å². The van der Waals surface area contributed by atoms with Crippen LogP contribution in [0.3, 0.4) is 0 Å². The van der Waals surface area contributed by atoms with E-state index in [1.807, 2.05) is 19.2 Å². The van der Waals surface area contributed by atoms with E-state index < -0.39 is 11.4 Å². The fraction of sp³-hybridized carbons (Fsp3) is 0.613. The van der Waals surface area contributed by atoms with Crippen molar-refractivity contribution in [1.82, 2.24) is 9.88 Å². The highest BCUT2D eigenvalue weighted by Crippen LogP contribution is 2.47. The van der Waals surface area contributed by atoms with Crippen molar-refractivity contribution in [2.24, 2.45) is 17.3 Å². The molecule has 38 heavy (non-hydrogen) atoms. The monoisotopic (exact) mass is 537 g/mol. The minimum Gasteiger partial charge on any atom is -0.485 e. The molecule has 0 spiro atoms. The first-order chi connectivity index (χ1) is 18.2. The fourth-order valence-corrected chi connectivity index (χ4v) is 7.19. The molecular weight excluding hydrogens is 498 g/mol. The highest BCUT2D eigenvalue weighted by molar-refractivity contribution is 6.31. The van der Waals surface area contributed by atoms with Gasteiger partial charge in [-0.25, -0.2) is 4.98 Å². The summed E-state index contributed by atoms with van der Waals surface area (Å²) < 4.78 is 6.55. The molecule has 2 aliphatic carbocycles. The second kappa shape index (κ2) is 10.0. The van der Waals surface area contributed by atoms with Crippen LogP contribution in [0, 0.1) is 24.2 Å². The van der Waals surface area contributed by atoms with Crippen LogP contribution in [-0.4, -0.2) is 53.2 Å². The first kappa shape index (κ1) is 25.9. The molecule has 2 saturated carbocycles. The number of hydrogen-bond acceptors (Lipinski definition) is 5. The number of anilines is 1. The number of pyridine rings is 1. The van der Waals surface area contributed by atoms with Crippen molar-refractivity contribution in [2.45, 2.75) is 77.4 Å². The molecule has 1 aromatic carbocycles. The van der Waals surface area contributed by atoms with Crippen molar-refractivity contribution in [3.8, 4) is 5.75 Å². The minimum atomic E-state index is -0.642. The maximum atomic E-state index is 11.5. The van der Waals surface area contributed by atoms with Gasteiger partial charge in [-0.1, -0.05) is 23.7 Å². The number of rotatable bonds is 8. The number of halogens is 1. The number of hydrogen-bond donors (Lipinski definition) is 1. The van der Waals surface area contributed by atoms with Crippen molar-refractivity contribution in [2.75, 3.05) is 31.1 Å². The summed E-state index contributed by atoms with van der Waals surface area (Å²) in [6, 6.07) is 8.75. The maximum Gasteiger partial charge on any atom is 0.309 e. The topological polar surface area (TPSA) is 65.9 Å². The van der Waals surface area contributed by atoms with Gasteiger partial charge in [-0.3, -0.25) is 4.79 Å². The van der Waals surface area contributed by atoms with E-state index in [2.05, 4.69) is 41.8 Å². The Morgan fingerprint density at radius 2 is 1.92 bits per heavy atom. The molecule has 2 saturated heterocycles. The third kappa shape index (κ3) is 5.02. The normalized spacial score (nSPS) is 28.9. The number of aromatic nitrogens is 1. The summed E-state index contributed by atoms with van der Waals surface area (Å²) in [5, 5.41) is 10.2. The highest BCUT2D eigenvalue weighted by Gasteiger charge is 2.49. The minimum absolute atomic E-state index is 0.136. The predicted octanol–water partition coefficient (Wildman–Crippen LogP) is 6.46. The molecule has 3 heterocycles. The van der Waals surface area contributed by atoms with Gasteiger partial charge in [0.05, 0.1) is 5.41 Å². The molecule has 7 heteroatoms. The van der Waals surface area contributed by atoms with Gasteiger partial charge in [-0.05, 0) is 95.2 Å². The van der Waals surface area contributed by atoms with Gasteiger partial charge in [0.15, 0.2) is 0 Å². The molecule has 204 valence electrons. The van der Waals surface area contributed by atoms with Gasteiger partial charge in [0.2, 0.25) is 0 Å². The molecule has 6 nitrogen and oxygen atoms in total. The molecule has 2 atom stereocenters. The average molecular weight is 538 g/mol. The molecule has 0 unspecified atom stereocenters. The lowest BCUT2D eigenvalue weighted by atomic mass is 9.65. The Morgan fingerprint density at radius 1 is 1.16 bits per heavy atom. The lowest BCUT2D eigenvalue weighted by Crippen LogP contribution is -2.58. The Balaban J connectivity index is 1.09. The van der Waals surface area contributed by atoms with Gasteiger partial charge < -0.3 is 19.6 Å². The summed E-state index contributed by atoms with van der Waals surface area (Å²) in [6.45, 7) is 10.3. The van der Waals surface area contributed by atoms with E-state index in [0.29, 0.717) is 23.8 Å². The van der Waals surface area contributed by atoms with Crippen LogP contribution < -0.4 is 9.64 Å². The van der Waals surface area contributed by atoms with Crippen molar-refractivity contribution in [3.05, 3.63) is 52.2 Å². The first-order valence-electron chi connectivity index (χ1n) is 14.4. The van der Waals surface area contributed by atoms with E-state index in [-0.39, 0.29) is 6.10 Å². The Bertz CT molecular complexity index is 1200. The van der Waals surface area contributed by atoms with E-state index in [1.54, 1.807) is 0 Å². The third-order valence-electron chi connectivity index (χ3n) is 9.59. The van der Waals surface area contributed by atoms with Gasteiger partial charge in [-0.15, -0.1) is 0 Å². The van der Waals surface area contributed by atoms with Crippen LogP contribution in [-0.2, 0) is 4.79 Å². The smallest absolute Gasteiger partial charge is 0.309 e. The summed E-state index contributed by atoms with van der Waals surface area (Å²) in [7, 11) is 0. The van der Waals surface area contributed by atoms with E-state index in [9.17, 15) is 9.90 Å². The van der Waals surface area contributed by atoms with Crippen molar-refractivity contribution in [3.63, 3.8) is 0 Å². The number of aliphatic carboxylic acids is 1. The summed E-state index contributed by atoms with van der Waals surface area (Å²) in [5.41, 5.74) is 2.86. The Kier molecular flexibility index (Phi) is 6.84. The molecule has 2 aliphatic heterocycles. The number of carboxylic acids is 1. The van der Waals surface area contributed by atoms with Crippen LogP contribution in [0.25, 0.3) is 0 Å². The Morgan fingerprint density at radius 3 is 2.61 bits per heavy atom. The molecule has 1 N–H and O–H groups in total. The van der Waals surface area contributed by atoms with Crippen LogP contribution in [0.15, 0.2) is 30.5 Å². The van der Waals surface area contributed by atoms with Gasteiger partial charge in [-0.2, -0.15) is 0 Å². The summed E-state index contributed by atoms with van der Waals surface area (Å²) in [4.78, 5) is 21.4. The summed E-state index contributed by atoms with van der Waals surface area (Å²) in [6.07, 6.45) is 8.37. The summed E-state index contributed by atoms with van der Waals surface area (Å²) in [5.74, 6) is 3.22. The van der Waals surface area contributed by atoms with E-state index in [4.69, 9.17) is 21.3 Å². The second-order valence-corrected chi connectivity index (χ2v) is 13.0. The molecule has 4 aliphatic rings. The van der Waals surface area contributed by atoms with Crippen LogP contribution in [0.5, 0.6) is 5.75 Å². The second-order valence-electron chi connectivity index (χ2n) is 12.6. The molecule has 0 bridgehead atoms. The third-order valence-corrected chi connectivity index (χ3v) is 9.92. The van der Waals surface area contributed by atoms with Gasteiger partial charge in [0.1, 0.15) is 17.7 Å². The molecule has 2 aromatic rings. The fourth-order valence-electron chi connectivity index (χ4n) is 6.80. The maximum absolute atomic E-state index is 11.5. The van der Waals surface area contributed by atoms with Crippen molar-refractivity contribution >= 4 is 23.4 Å². The molecule has 1 aromatic heterocycles. The molecule has 0 amide bonds. The quantitative estimate of drug-likeness (QED) is 0.416. The predicted molar refractivity (Wildman–Crippen MR) is 150 cm³/mol. The van der Waals surface area contributed by atoms with Crippen molar-refractivity contribution in [1.29, 1.82) is 0 Å². The zero-order chi connectivity index (χ0) is 26.6. The number of nitrogens with zero attached hydrogens (tertiary/aromatic N) is 3. The molecule has 4 fully saturated rings. The van der Waals surface area contributed by atoms with Crippen LogP contribution >= 0.6 is 11.6 Å². The van der Waals surface area contributed by atoms with Gasteiger partial charge in [0, 0.05) is 54.1 Å². The van der Waals surface area contributed by atoms with Crippen LogP contribution in [0.4, 0.5) is 5.82 Å². The zero-order valence-corrected chi connectivity index (χ0v) is 23.6. The lowest BCUT2D eigenvalue weighted by molar-refractivity contribution is -0.158. The summed E-state index contributed by atoms with van der Waals surface area (Å²) >= 11 is 6.55. The van der Waals surface area contributed by atoms with Crippen LogP contribution in [0.2, 0.25) is 5.02 Å². The number of benzene rings is 1. The largest absolute Gasteiger partial charge is 0.485 e. The van der Waals surface area contributed by atoms with Crippen molar-refractivity contribution < 1.29 is 14.6 Å². The average Bonchev–Trinajstić information content (AvgIpc) is 3.66. The van der Waals surface area contributed by atoms with Gasteiger partial charge in [0.25, 0.3) is 0 Å². The Labute approximate surface area is 231 Å². The Hall–Kier alpha value is -2.31. The molecule has 6 rings (SSSR count). The van der Waals surface area contributed by atoms with E-state index in [0.717, 1.165) is 66.7 Å². The van der Waals surface area contributed by atoms with Crippen LogP contribution in [0.1, 0.15) is 81.1 Å². The SMILES string of the molecule is Cc1ccc([C@@H](C)Oc2cc(N3CC([C@H]4CCCN(C5CC(C)(C(=O)O)C5)C4)C3)ncc2C2CC2)c(Cl)c1. The first-order valence-corrected chi connectivity index (χ1v) is 14.7.